The van der Waals surface area contributed by atoms with Crippen LogP contribution in [0.4, 0.5) is 0 Å². The van der Waals surface area contributed by atoms with Crippen molar-refractivity contribution in [1.29, 1.82) is 0 Å². The molecule has 0 N–H and O–H groups in total. The van der Waals surface area contributed by atoms with Gasteiger partial charge in [-0.05, 0) is 57.4 Å². The molecule has 2 aromatic rings. The number of aromatic nitrogens is 3. The lowest BCUT2D eigenvalue weighted by molar-refractivity contribution is -0.141. The van der Waals surface area contributed by atoms with Crippen molar-refractivity contribution in [1.82, 2.24) is 24.4 Å². The van der Waals surface area contributed by atoms with Crippen LogP contribution in [0.3, 0.4) is 0 Å². The molecule has 1 aliphatic carbocycles. The Bertz CT molecular complexity index is 993. The molecule has 2 atom stereocenters. The third kappa shape index (κ3) is 3.94. The first-order valence-corrected chi connectivity index (χ1v) is 11.9. The zero-order valence-corrected chi connectivity index (χ0v) is 18.7. The number of rotatable bonds is 3. The molecule has 2 aromatic heterocycles. The lowest BCUT2D eigenvalue weighted by atomic mass is 9.81. The Morgan fingerprint density at radius 3 is 2.71 bits per heavy atom. The molecule has 2 saturated heterocycles. The third-order valence-electron chi connectivity index (χ3n) is 7.56. The number of nitrogens with zero attached hydrogens (tertiary/aromatic N) is 5. The predicted molar refractivity (Wildman–Crippen MR) is 118 cm³/mol. The largest absolute Gasteiger partial charge is 0.339 e. The number of likely N-dealkylation sites (tertiary alicyclic amines) is 2. The summed E-state index contributed by atoms with van der Waals surface area (Å²) in [6.07, 6.45) is 8.83. The molecule has 3 aliphatic rings. The summed E-state index contributed by atoms with van der Waals surface area (Å²) < 4.78 is 1.75. The quantitative estimate of drug-likeness (QED) is 0.759. The molecule has 5 rings (SSSR count). The Morgan fingerprint density at radius 1 is 1.10 bits per heavy atom. The highest BCUT2D eigenvalue weighted by molar-refractivity contribution is 5.93. The molecule has 166 valence electrons. The zero-order chi connectivity index (χ0) is 21.5. The molecule has 4 heterocycles. The van der Waals surface area contributed by atoms with Gasteiger partial charge in [0.2, 0.25) is 5.91 Å². The molecule has 7 nitrogen and oxygen atoms in total. The van der Waals surface area contributed by atoms with Gasteiger partial charge < -0.3 is 9.80 Å². The SMILES string of the molecule is Cc1cc(C)n2nc(C(=O)N3CC[C@H]4[C@H](CCC(=O)N4CC4CCCCC4)C3)cc2n1. The summed E-state index contributed by atoms with van der Waals surface area (Å²) in [7, 11) is 0. The first kappa shape index (κ1) is 20.5. The number of piperidine rings is 2. The van der Waals surface area contributed by atoms with E-state index in [9.17, 15) is 9.59 Å². The normalized spacial score (nSPS) is 25.2. The highest BCUT2D eigenvalue weighted by atomic mass is 16.2. The molecule has 0 spiro atoms. The number of aryl methyl sites for hydroxylation is 2. The number of fused-ring (bicyclic) bond motifs is 2. The van der Waals surface area contributed by atoms with Gasteiger partial charge in [-0.15, -0.1) is 0 Å². The van der Waals surface area contributed by atoms with Crippen molar-refractivity contribution in [2.45, 2.75) is 71.3 Å². The van der Waals surface area contributed by atoms with Crippen molar-refractivity contribution in [2.75, 3.05) is 19.6 Å². The second kappa shape index (κ2) is 8.24. The number of hydrogen-bond acceptors (Lipinski definition) is 4. The highest BCUT2D eigenvalue weighted by Gasteiger charge is 2.41. The van der Waals surface area contributed by atoms with Gasteiger partial charge in [-0.2, -0.15) is 5.10 Å². The van der Waals surface area contributed by atoms with E-state index in [4.69, 9.17) is 0 Å². The average molecular weight is 424 g/mol. The van der Waals surface area contributed by atoms with E-state index in [1.54, 1.807) is 10.6 Å². The second-order valence-corrected chi connectivity index (χ2v) is 9.79. The lowest BCUT2D eigenvalue weighted by Crippen LogP contribution is -2.57. The van der Waals surface area contributed by atoms with Crippen LogP contribution in [0.25, 0.3) is 5.65 Å². The monoisotopic (exact) mass is 423 g/mol. The summed E-state index contributed by atoms with van der Waals surface area (Å²) in [5, 5.41) is 4.54. The smallest absolute Gasteiger partial charge is 0.274 e. The van der Waals surface area contributed by atoms with Crippen molar-refractivity contribution in [3.8, 4) is 0 Å². The Morgan fingerprint density at radius 2 is 1.90 bits per heavy atom. The Kier molecular flexibility index (Phi) is 5.44. The molecule has 0 unspecified atom stereocenters. The molecule has 0 aromatic carbocycles. The fourth-order valence-electron chi connectivity index (χ4n) is 5.97. The molecule has 0 radical (unpaired) electrons. The third-order valence-corrected chi connectivity index (χ3v) is 7.56. The summed E-state index contributed by atoms with van der Waals surface area (Å²) in [4.78, 5) is 34.6. The van der Waals surface area contributed by atoms with Crippen LogP contribution in [0.2, 0.25) is 0 Å². The topological polar surface area (TPSA) is 70.8 Å². The van der Waals surface area contributed by atoms with Crippen LogP contribution in [0.15, 0.2) is 12.1 Å². The van der Waals surface area contributed by atoms with Gasteiger partial charge in [-0.3, -0.25) is 9.59 Å². The van der Waals surface area contributed by atoms with Crippen LogP contribution in [-0.4, -0.2) is 61.9 Å². The lowest BCUT2D eigenvalue weighted by Gasteiger charge is -2.48. The van der Waals surface area contributed by atoms with Crippen LogP contribution in [0.5, 0.6) is 0 Å². The number of amides is 2. The van der Waals surface area contributed by atoms with E-state index in [-0.39, 0.29) is 5.91 Å². The molecule has 31 heavy (non-hydrogen) atoms. The van der Waals surface area contributed by atoms with Crippen LogP contribution < -0.4 is 0 Å². The van der Waals surface area contributed by atoms with Crippen LogP contribution in [0.1, 0.15) is 73.2 Å². The van der Waals surface area contributed by atoms with Crippen molar-refractivity contribution in [3.63, 3.8) is 0 Å². The molecule has 0 bridgehead atoms. The minimum atomic E-state index is -0.0169. The van der Waals surface area contributed by atoms with E-state index >= 15 is 0 Å². The molecule has 7 heteroatoms. The van der Waals surface area contributed by atoms with Crippen molar-refractivity contribution < 1.29 is 9.59 Å². The van der Waals surface area contributed by atoms with E-state index in [2.05, 4.69) is 15.0 Å². The van der Waals surface area contributed by atoms with Gasteiger partial charge in [-0.25, -0.2) is 9.50 Å². The Labute approximate surface area is 183 Å². The maximum Gasteiger partial charge on any atom is 0.274 e. The summed E-state index contributed by atoms with van der Waals surface area (Å²) in [6, 6.07) is 4.06. The summed E-state index contributed by atoms with van der Waals surface area (Å²) in [5.41, 5.74) is 3.09. The van der Waals surface area contributed by atoms with Crippen molar-refractivity contribution >= 4 is 17.5 Å². The predicted octanol–water partition coefficient (Wildman–Crippen LogP) is 3.38. The van der Waals surface area contributed by atoms with E-state index in [1.165, 1.54) is 32.1 Å². The van der Waals surface area contributed by atoms with Gasteiger partial charge in [0.1, 0.15) is 0 Å². The van der Waals surface area contributed by atoms with Gasteiger partial charge in [0.15, 0.2) is 11.3 Å². The van der Waals surface area contributed by atoms with E-state index < -0.39 is 0 Å². The van der Waals surface area contributed by atoms with Gasteiger partial charge in [0.05, 0.1) is 0 Å². The standard InChI is InChI=1S/C24H33N5O2/c1-16-12-17(2)29-22(25-16)13-20(26-29)24(31)27-11-10-21-19(15-27)8-9-23(30)28(21)14-18-6-4-3-5-7-18/h12-13,18-19,21H,3-11,14-15H2,1-2H3/t19-,21+/m1/s1. The Balaban J connectivity index is 1.29. The van der Waals surface area contributed by atoms with Crippen LogP contribution in [-0.2, 0) is 4.79 Å². The van der Waals surface area contributed by atoms with E-state index in [1.807, 2.05) is 24.8 Å². The first-order chi connectivity index (χ1) is 15.0. The molecule has 1 saturated carbocycles. The van der Waals surface area contributed by atoms with Gasteiger partial charge in [0.25, 0.3) is 5.91 Å². The zero-order valence-electron chi connectivity index (χ0n) is 18.7. The summed E-state index contributed by atoms with van der Waals surface area (Å²) in [6.45, 7) is 6.26. The summed E-state index contributed by atoms with van der Waals surface area (Å²) >= 11 is 0. The fourth-order valence-corrected chi connectivity index (χ4v) is 5.97. The molecular formula is C24H33N5O2. The van der Waals surface area contributed by atoms with Gasteiger partial charge in [-0.1, -0.05) is 19.3 Å². The number of hydrogen-bond donors (Lipinski definition) is 0. The average Bonchev–Trinajstić information content (AvgIpc) is 3.20. The van der Waals surface area contributed by atoms with E-state index in [0.29, 0.717) is 42.4 Å². The summed E-state index contributed by atoms with van der Waals surface area (Å²) in [5.74, 6) is 1.34. The Hall–Kier alpha value is -2.44. The molecule has 3 fully saturated rings. The highest BCUT2D eigenvalue weighted by Crippen LogP contribution is 2.34. The molecule has 2 aliphatic heterocycles. The van der Waals surface area contributed by atoms with Gasteiger partial charge in [0, 0.05) is 49.6 Å². The number of carbonyl (C=O) groups is 2. The van der Waals surface area contributed by atoms with Crippen LogP contribution in [0, 0.1) is 25.7 Å². The van der Waals surface area contributed by atoms with Crippen molar-refractivity contribution in [2.24, 2.45) is 11.8 Å². The van der Waals surface area contributed by atoms with E-state index in [0.717, 1.165) is 43.0 Å². The fraction of sp³-hybridized carbons (Fsp3) is 0.667. The minimum Gasteiger partial charge on any atom is -0.339 e. The first-order valence-electron chi connectivity index (χ1n) is 11.9. The van der Waals surface area contributed by atoms with Crippen LogP contribution >= 0.6 is 0 Å². The maximum atomic E-state index is 13.2. The number of carbonyl (C=O) groups excluding carboxylic acids is 2. The minimum absolute atomic E-state index is 0.0169. The molecule has 2 amide bonds. The maximum absolute atomic E-state index is 13.2. The molecular weight excluding hydrogens is 390 g/mol. The second-order valence-electron chi connectivity index (χ2n) is 9.79. The van der Waals surface area contributed by atoms with Crippen molar-refractivity contribution in [3.05, 3.63) is 29.2 Å². The van der Waals surface area contributed by atoms with Gasteiger partial charge >= 0.3 is 0 Å².